The van der Waals surface area contributed by atoms with Gasteiger partial charge in [0.05, 0.1) is 5.01 Å². The molecule has 1 nitrogen and oxygen atoms in total. The highest BCUT2D eigenvalue weighted by atomic mass is 79.9. The first-order chi connectivity index (χ1) is 8.34. The van der Waals surface area contributed by atoms with Gasteiger partial charge in [0.2, 0.25) is 0 Å². The molecule has 0 saturated heterocycles. The molecule has 1 aromatic heterocycles. The average molecular weight is 308 g/mol. The number of hydrogen-bond acceptors (Lipinski definition) is 2. The van der Waals surface area contributed by atoms with Crippen molar-refractivity contribution in [2.45, 2.75) is 24.1 Å². The maximum absolute atomic E-state index is 4.40. The van der Waals surface area contributed by atoms with Crippen molar-refractivity contribution >= 4 is 27.3 Å². The van der Waals surface area contributed by atoms with Gasteiger partial charge in [-0.1, -0.05) is 40.2 Å². The molecule has 0 bridgehead atoms. The van der Waals surface area contributed by atoms with Gasteiger partial charge >= 0.3 is 0 Å². The van der Waals surface area contributed by atoms with E-state index in [1.54, 1.807) is 11.3 Å². The minimum absolute atomic E-state index is 0.483. The van der Waals surface area contributed by atoms with Crippen LogP contribution in [0, 0.1) is 5.92 Å². The van der Waals surface area contributed by atoms with E-state index in [0.717, 1.165) is 6.42 Å². The highest BCUT2D eigenvalue weighted by molar-refractivity contribution is 9.09. The van der Waals surface area contributed by atoms with E-state index in [-0.39, 0.29) is 0 Å². The summed E-state index contributed by atoms with van der Waals surface area (Å²) in [4.78, 5) is 4.88. The first-order valence-corrected chi connectivity index (χ1v) is 7.74. The largest absolute Gasteiger partial charge is 0.250 e. The molecular formula is C14H14BrNS. The first-order valence-electron chi connectivity index (χ1n) is 5.95. The number of nitrogens with zero attached hydrogens (tertiary/aromatic N) is 1. The number of benzene rings is 1. The Hall–Kier alpha value is -0.670. The van der Waals surface area contributed by atoms with Crippen LogP contribution < -0.4 is 0 Å². The Morgan fingerprint density at radius 1 is 1.35 bits per heavy atom. The second-order valence-corrected chi connectivity index (χ2v) is 6.49. The van der Waals surface area contributed by atoms with Crippen LogP contribution in [0.5, 0.6) is 0 Å². The molecule has 2 aromatic rings. The monoisotopic (exact) mass is 307 g/mol. The molecule has 88 valence electrons. The van der Waals surface area contributed by atoms with Gasteiger partial charge in [0.25, 0.3) is 0 Å². The van der Waals surface area contributed by atoms with Crippen LogP contribution in [-0.2, 0) is 12.8 Å². The highest BCUT2D eigenvalue weighted by Gasteiger charge is 2.27. The topological polar surface area (TPSA) is 12.9 Å². The molecule has 0 aliphatic heterocycles. The zero-order valence-corrected chi connectivity index (χ0v) is 11.9. The van der Waals surface area contributed by atoms with Gasteiger partial charge in [-0.3, -0.25) is 0 Å². The van der Waals surface area contributed by atoms with Crippen molar-refractivity contribution in [3.05, 3.63) is 52.0 Å². The molecule has 3 rings (SSSR count). The number of fused-ring (bicyclic) bond motifs is 1. The molecule has 0 amide bonds. The number of aromatic nitrogens is 1. The number of aryl methyl sites for hydroxylation is 1. The Bertz CT molecular complexity index is 495. The number of halogens is 1. The Morgan fingerprint density at radius 3 is 3.06 bits per heavy atom. The maximum Gasteiger partial charge on any atom is 0.0928 e. The summed E-state index contributed by atoms with van der Waals surface area (Å²) in [6, 6.07) is 8.78. The van der Waals surface area contributed by atoms with Crippen LogP contribution in [-0.4, -0.2) is 4.98 Å². The summed E-state index contributed by atoms with van der Waals surface area (Å²) in [6.07, 6.45) is 5.46. The number of rotatable bonds is 2. The lowest BCUT2D eigenvalue weighted by atomic mass is 9.82. The summed E-state index contributed by atoms with van der Waals surface area (Å²) in [5, 5.41) is 3.33. The Labute approximate surface area is 114 Å². The van der Waals surface area contributed by atoms with Crippen LogP contribution in [0.25, 0.3) is 0 Å². The molecule has 17 heavy (non-hydrogen) atoms. The summed E-state index contributed by atoms with van der Waals surface area (Å²) in [6.45, 7) is 0. The van der Waals surface area contributed by atoms with Crippen molar-refractivity contribution < 1.29 is 0 Å². The maximum atomic E-state index is 4.40. The second kappa shape index (κ2) is 4.91. The summed E-state index contributed by atoms with van der Waals surface area (Å²) >= 11 is 5.64. The molecule has 1 aliphatic rings. The van der Waals surface area contributed by atoms with E-state index < -0.39 is 0 Å². The van der Waals surface area contributed by atoms with E-state index in [2.05, 4.69) is 50.6 Å². The van der Waals surface area contributed by atoms with Crippen LogP contribution >= 0.6 is 27.3 Å². The third-order valence-electron chi connectivity index (χ3n) is 3.47. The third kappa shape index (κ3) is 2.31. The quantitative estimate of drug-likeness (QED) is 0.750. The normalized spacial score (nSPS) is 23.4. The minimum atomic E-state index is 0.483. The second-order valence-electron chi connectivity index (χ2n) is 4.53. The molecule has 0 radical (unpaired) electrons. The van der Waals surface area contributed by atoms with Crippen molar-refractivity contribution in [1.29, 1.82) is 0 Å². The zero-order valence-electron chi connectivity index (χ0n) is 9.47. The lowest BCUT2D eigenvalue weighted by Gasteiger charge is -2.29. The van der Waals surface area contributed by atoms with Crippen LogP contribution in [0.1, 0.15) is 27.4 Å². The van der Waals surface area contributed by atoms with Gasteiger partial charge in [0.1, 0.15) is 0 Å². The summed E-state index contributed by atoms with van der Waals surface area (Å²) in [5.41, 5.74) is 2.98. The predicted octanol–water partition coefficient (Wildman–Crippen LogP) is 4.38. The van der Waals surface area contributed by atoms with E-state index in [4.69, 9.17) is 0 Å². The standard InChI is InChI=1S/C14H14BrNS/c15-14-11(9-13-16-7-8-17-13)6-5-10-3-1-2-4-12(10)14/h1-4,7-8,11,14H,5-6,9H2. The van der Waals surface area contributed by atoms with Crippen LogP contribution in [0.15, 0.2) is 35.8 Å². The summed E-state index contributed by atoms with van der Waals surface area (Å²) in [5.74, 6) is 0.677. The van der Waals surface area contributed by atoms with E-state index in [1.807, 2.05) is 6.20 Å². The molecule has 2 atom stereocenters. The van der Waals surface area contributed by atoms with Crippen molar-refractivity contribution in [3.8, 4) is 0 Å². The fourth-order valence-corrected chi connectivity index (χ4v) is 4.16. The first kappa shape index (κ1) is 11.4. The Morgan fingerprint density at radius 2 is 2.24 bits per heavy atom. The van der Waals surface area contributed by atoms with Gasteiger partial charge in [-0.15, -0.1) is 11.3 Å². The van der Waals surface area contributed by atoms with Gasteiger partial charge in [-0.2, -0.15) is 0 Å². The van der Waals surface area contributed by atoms with Crippen LogP contribution in [0.4, 0.5) is 0 Å². The number of hydrogen-bond donors (Lipinski definition) is 0. The SMILES string of the molecule is BrC1c2ccccc2CCC1Cc1nccs1. The van der Waals surface area contributed by atoms with Crippen molar-refractivity contribution in [1.82, 2.24) is 4.98 Å². The summed E-state index contributed by atoms with van der Waals surface area (Å²) < 4.78 is 0. The van der Waals surface area contributed by atoms with Crippen LogP contribution in [0.3, 0.4) is 0 Å². The van der Waals surface area contributed by atoms with E-state index in [0.29, 0.717) is 10.7 Å². The molecular weight excluding hydrogens is 294 g/mol. The molecule has 2 unspecified atom stereocenters. The predicted molar refractivity (Wildman–Crippen MR) is 75.7 cm³/mol. The Balaban J connectivity index is 1.82. The highest BCUT2D eigenvalue weighted by Crippen LogP contribution is 2.42. The molecule has 0 saturated carbocycles. The van der Waals surface area contributed by atoms with E-state index in [1.165, 1.54) is 29.0 Å². The summed E-state index contributed by atoms with van der Waals surface area (Å²) in [7, 11) is 0. The fourth-order valence-electron chi connectivity index (χ4n) is 2.56. The van der Waals surface area contributed by atoms with E-state index >= 15 is 0 Å². The van der Waals surface area contributed by atoms with Crippen molar-refractivity contribution in [2.75, 3.05) is 0 Å². The molecule has 0 N–H and O–H groups in total. The lowest BCUT2D eigenvalue weighted by Crippen LogP contribution is -2.18. The molecule has 1 aromatic carbocycles. The Kier molecular flexibility index (Phi) is 3.30. The molecule has 1 heterocycles. The van der Waals surface area contributed by atoms with Gasteiger partial charge in [-0.25, -0.2) is 4.98 Å². The van der Waals surface area contributed by atoms with Gasteiger partial charge < -0.3 is 0 Å². The number of alkyl halides is 1. The van der Waals surface area contributed by atoms with Gasteiger partial charge in [0, 0.05) is 22.8 Å². The molecule has 0 spiro atoms. The van der Waals surface area contributed by atoms with Crippen molar-refractivity contribution in [3.63, 3.8) is 0 Å². The number of thiazole rings is 1. The smallest absolute Gasteiger partial charge is 0.0928 e. The molecule has 1 aliphatic carbocycles. The van der Waals surface area contributed by atoms with Gasteiger partial charge in [-0.05, 0) is 29.9 Å². The van der Waals surface area contributed by atoms with Crippen molar-refractivity contribution in [2.24, 2.45) is 5.92 Å². The fraction of sp³-hybridized carbons (Fsp3) is 0.357. The molecule has 3 heteroatoms. The average Bonchev–Trinajstić information content (AvgIpc) is 2.86. The van der Waals surface area contributed by atoms with Crippen LogP contribution in [0.2, 0.25) is 0 Å². The zero-order chi connectivity index (χ0) is 11.7. The minimum Gasteiger partial charge on any atom is -0.250 e. The lowest BCUT2D eigenvalue weighted by molar-refractivity contribution is 0.452. The van der Waals surface area contributed by atoms with E-state index in [9.17, 15) is 0 Å². The third-order valence-corrected chi connectivity index (χ3v) is 5.51. The van der Waals surface area contributed by atoms with Gasteiger partial charge in [0.15, 0.2) is 0 Å². The molecule has 0 fully saturated rings.